The van der Waals surface area contributed by atoms with Gasteiger partial charge in [0.25, 0.3) is 15.2 Å². The number of allylic oxidation sites excluding steroid dienone is 1. The molecule has 0 aromatic carbocycles. The molecule has 4 aliphatic carbocycles. The number of aliphatic carboxylic acids is 1. The summed E-state index contributed by atoms with van der Waals surface area (Å²) in [5, 5.41) is 20.9. The van der Waals surface area contributed by atoms with Gasteiger partial charge in [0.1, 0.15) is 6.67 Å². The lowest BCUT2D eigenvalue weighted by molar-refractivity contribution is -0.253. The summed E-state index contributed by atoms with van der Waals surface area (Å²) in [5.41, 5.74) is 8.48. The van der Waals surface area contributed by atoms with E-state index in [2.05, 4.69) is 85.8 Å². The molecule has 0 amide bonds. The SMILES string of the molecule is CC(C)[C@@H](C)[C@@]1(C)CC[C@]2(C)[C@H]3CC[C@@H]4[C@@]5(COC[C@@]4(C)[C@@H](OC[C@](C)(N)C(C)(C)C)[C@H](N4CNN=C4S(N)(=O)=O)C5)C3=CC[C@@]2(C)[C@@H]1C(=O)O. The third kappa shape index (κ3) is 5.48. The number of carboxylic acid groups (broad SMARTS) is 1. The smallest absolute Gasteiger partial charge is 0.307 e. The number of primary sulfonamides is 1. The van der Waals surface area contributed by atoms with Crippen LogP contribution in [0.25, 0.3) is 0 Å². The zero-order valence-corrected chi connectivity index (χ0v) is 34.0. The van der Waals surface area contributed by atoms with Crippen LogP contribution in [0, 0.1) is 62.1 Å². The van der Waals surface area contributed by atoms with Crippen LogP contribution in [0.1, 0.15) is 115 Å². The van der Waals surface area contributed by atoms with Gasteiger partial charge < -0.3 is 25.2 Å². The maximum atomic E-state index is 13.5. The van der Waals surface area contributed by atoms with Crippen LogP contribution >= 0.6 is 0 Å². The number of carbonyl (C=O) groups is 1. The Morgan fingerprint density at radius 3 is 2.37 bits per heavy atom. The minimum atomic E-state index is -4.13. The van der Waals surface area contributed by atoms with Gasteiger partial charge in [-0.25, -0.2) is 13.6 Å². The molecule has 0 unspecified atom stereocenters. The number of carboxylic acids is 1. The predicted molar refractivity (Wildman–Crippen MR) is 200 cm³/mol. The Labute approximate surface area is 307 Å². The molecule has 2 bridgehead atoms. The van der Waals surface area contributed by atoms with E-state index in [-0.39, 0.29) is 57.3 Å². The summed E-state index contributed by atoms with van der Waals surface area (Å²) in [6.07, 6.45) is 7.11. The van der Waals surface area contributed by atoms with Crippen LogP contribution < -0.4 is 16.3 Å². The summed E-state index contributed by atoms with van der Waals surface area (Å²) in [4.78, 5) is 15.3. The van der Waals surface area contributed by atoms with Crippen LogP contribution in [-0.2, 0) is 24.3 Å². The number of rotatable bonds is 7. The summed E-state index contributed by atoms with van der Waals surface area (Å²) in [6.45, 7) is 25.7. The molecule has 0 aromatic heterocycles. The van der Waals surface area contributed by atoms with Crippen molar-refractivity contribution in [3.8, 4) is 0 Å². The maximum absolute atomic E-state index is 13.5. The van der Waals surface area contributed by atoms with E-state index in [0.717, 1.165) is 25.7 Å². The van der Waals surface area contributed by atoms with Crippen molar-refractivity contribution in [3.63, 3.8) is 0 Å². The van der Waals surface area contributed by atoms with E-state index in [1.54, 1.807) is 0 Å². The van der Waals surface area contributed by atoms with Crippen molar-refractivity contribution >= 4 is 21.2 Å². The van der Waals surface area contributed by atoms with Gasteiger partial charge in [-0.1, -0.05) is 80.9 Å². The molecule has 6 aliphatic rings. The van der Waals surface area contributed by atoms with Crippen LogP contribution in [0.15, 0.2) is 16.8 Å². The number of hydrogen-bond donors (Lipinski definition) is 4. The Bertz CT molecular complexity index is 1590. The first-order chi connectivity index (χ1) is 23.3. The largest absolute Gasteiger partial charge is 0.481 e. The molecule has 3 saturated carbocycles. The molecule has 290 valence electrons. The highest BCUT2D eigenvalue weighted by atomic mass is 32.2. The van der Waals surface area contributed by atoms with Crippen molar-refractivity contribution < 1.29 is 27.8 Å². The molecule has 11 nitrogen and oxygen atoms in total. The molecule has 4 fully saturated rings. The number of hydrogen-bond acceptors (Lipinski definition) is 9. The van der Waals surface area contributed by atoms with Crippen molar-refractivity contribution in [2.45, 2.75) is 132 Å². The van der Waals surface area contributed by atoms with E-state index in [4.69, 9.17) is 20.3 Å². The van der Waals surface area contributed by atoms with Crippen molar-refractivity contribution in [1.82, 2.24) is 10.3 Å². The molecule has 6 N–H and O–H groups in total. The molecular formula is C39H67N5O6S. The van der Waals surface area contributed by atoms with Gasteiger partial charge >= 0.3 is 5.97 Å². The number of fused-ring (bicyclic) bond motifs is 3. The molecule has 51 heavy (non-hydrogen) atoms. The molecular weight excluding hydrogens is 667 g/mol. The van der Waals surface area contributed by atoms with Gasteiger partial charge in [0.15, 0.2) is 0 Å². The molecule has 2 heterocycles. The Hall–Kier alpha value is -1.73. The highest BCUT2D eigenvalue weighted by molar-refractivity contribution is 8.04. The van der Waals surface area contributed by atoms with E-state index in [9.17, 15) is 18.3 Å². The Morgan fingerprint density at radius 1 is 1.12 bits per heavy atom. The maximum Gasteiger partial charge on any atom is 0.307 e. The van der Waals surface area contributed by atoms with Crippen LogP contribution in [-0.4, -0.2) is 73.7 Å². The van der Waals surface area contributed by atoms with E-state index >= 15 is 0 Å². The molecule has 0 spiro atoms. The zero-order valence-electron chi connectivity index (χ0n) is 33.1. The average Bonchev–Trinajstić information content (AvgIpc) is 3.50. The van der Waals surface area contributed by atoms with Gasteiger partial charge in [-0.05, 0) is 90.8 Å². The lowest BCUT2D eigenvalue weighted by Crippen LogP contribution is -2.72. The van der Waals surface area contributed by atoms with E-state index in [1.807, 2.05) is 11.8 Å². The van der Waals surface area contributed by atoms with Gasteiger partial charge in [0, 0.05) is 16.4 Å². The summed E-state index contributed by atoms with van der Waals surface area (Å²) in [6, 6.07) is -0.368. The fourth-order valence-electron chi connectivity index (χ4n) is 12.5. The lowest BCUT2D eigenvalue weighted by Gasteiger charge is -2.71. The normalized spacial score (nSPS) is 44.3. The van der Waals surface area contributed by atoms with Gasteiger partial charge in [-0.3, -0.25) is 10.2 Å². The van der Waals surface area contributed by atoms with Crippen LogP contribution in [0.3, 0.4) is 0 Å². The first-order valence-corrected chi connectivity index (χ1v) is 20.9. The molecule has 0 aromatic rings. The van der Waals surface area contributed by atoms with E-state index < -0.39 is 44.4 Å². The molecule has 1 saturated heterocycles. The Morgan fingerprint density at radius 2 is 1.78 bits per heavy atom. The predicted octanol–water partition coefficient (Wildman–Crippen LogP) is 5.51. The van der Waals surface area contributed by atoms with Crippen molar-refractivity contribution in [2.75, 3.05) is 26.5 Å². The number of amidine groups is 1. The number of nitrogens with one attached hydrogen (secondary N) is 1. The first-order valence-electron chi connectivity index (χ1n) is 19.3. The zero-order chi connectivity index (χ0) is 38.0. The number of nitrogens with zero attached hydrogens (tertiary/aromatic N) is 2. The number of nitrogens with two attached hydrogens (primary N) is 2. The fourth-order valence-corrected chi connectivity index (χ4v) is 13.2. The van der Waals surface area contributed by atoms with E-state index in [0.29, 0.717) is 38.6 Å². The third-order valence-corrected chi connectivity index (χ3v) is 17.5. The summed E-state index contributed by atoms with van der Waals surface area (Å²) >= 11 is 0. The first kappa shape index (κ1) is 39.0. The number of ether oxygens (including phenoxy) is 2. The molecule has 6 rings (SSSR count). The van der Waals surface area contributed by atoms with Gasteiger partial charge in [-0.15, -0.1) is 5.10 Å². The quantitative estimate of drug-likeness (QED) is 0.246. The highest BCUT2D eigenvalue weighted by Gasteiger charge is 2.72. The average molecular weight is 734 g/mol. The van der Waals surface area contributed by atoms with Crippen LogP contribution in [0.5, 0.6) is 0 Å². The van der Waals surface area contributed by atoms with Crippen LogP contribution in [0.2, 0.25) is 0 Å². The topological polar surface area (TPSA) is 170 Å². The second kappa shape index (κ2) is 12.1. The molecule has 12 heteroatoms. The Kier molecular flexibility index (Phi) is 9.28. The van der Waals surface area contributed by atoms with Crippen molar-refractivity contribution in [3.05, 3.63) is 11.6 Å². The second-order valence-electron chi connectivity index (χ2n) is 20.2. The summed E-state index contributed by atoms with van der Waals surface area (Å²) < 4.78 is 39.6. The highest BCUT2D eigenvalue weighted by Crippen LogP contribution is 2.75. The van der Waals surface area contributed by atoms with Gasteiger partial charge in [0.2, 0.25) is 0 Å². The van der Waals surface area contributed by atoms with Crippen LogP contribution in [0.4, 0.5) is 0 Å². The molecule has 2 aliphatic heterocycles. The fraction of sp³-hybridized carbons (Fsp3) is 0.897. The molecule has 12 atom stereocenters. The monoisotopic (exact) mass is 733 g/mol. The molecule has 0 radical (unpaired) electrons. The standard InChI is InChI=1S/C39H67N5O6S/c1-23(2)24(3)34(7)16-17-36(9)25-12-13-28-35(8)19-49-21-39(28,26(25)14-15-37(36,10)29(34)31(45)46)18-27(44-22-42-43-32(44)51(41,47)48)30(35)50-20-38(11,40)33(4,5)6/h14,23-25,27-30,42H,12-13,15-22,40H2,1-11H3,(H,45,46)(H2,41,47,48)/t24-,25+,27-,28+,29-,30+,34-,35-,36-,37+,38+,39+/m1/s1. The van der Waals surface area contributed by atoms with Crippen molar-refractivity contribution in [2.24, 2.45) is 78.1 Å². The van der Waals surface area contributed by atoms with Crippen molar-refractivity contribution in [1.29, 1.82) is 0 Å². The minimum absolute atomic E-state index is 0.162. The van der Waals surface area contributed by atoms with Gasteiger partial charge in [0.05, 0.1) is 37.9 Å². The van der Waals surface area contributed by atoms with E-state index in [1.165, 1.54) is 5.57 Å². The van der Waals surface area contributed by atoms with Gasteiger partial charge in [-0.2, -0.15) is 0 Å². The minimum Gasteiger partial charge on any atom is -0.481 e. The number of hydrazone groups is 1. The second-order valence-corrected chi connectivity index (χ2v) is 21.7. The lowest BCUT2D eigenvalue weighted by atomic mass is 9.34. The summed E-state index contributed by atoms with van der Waals surface area (Å²) in [7, 11) is -4.13. The number of sulfonamides is 1. The Balaban J connectivity index is 1.46. The summed E-state index contributed by atoms with van der Waals surface area (Å²) in [5.74, 6) is -0.0890. The third-order valence-electron chi connectivity index (χ3n) is 16.7.